The molecule has 0 spiro atoms. The van der Waals surface area contributed by atoms with Gasteiger partial charge in [-0.3, -0.25) is 4.79 Å². The zero-order chi connectivity index (χ0) is 23.4. The van der Waals surface area contributed by atoms with Crippen molar-refractivity contribution >= 4 is 38.1 Å². The monoisotopic (exact) mass is 467 g/mol. The minimum atomic E-state index is -3.70. The maximum atomic E-state index is 13.4. The van der Waals surface area contributed by atoms with Crippen molar-refractivity contribution in [3.05, 3.63) is 66.2 Å². The first-order valence-corrected chi connectivity index (χ1v) is 12.6. The summed E-state index contributed by atoms with van der Waals surface area (Å²) in [4.78, 5) is 15.6. The van der Waals surface area contributed by atoms with E-state index in [0.29, 0.717) is 56.3 Å². The number of benzene rings is 3. The molecule has 0 bridgehead atoms. The molecule has 0 saturated carbocycles. The molecule has 3 aromatic rings. The Labute approximate surface area is 195 Å². The third-order valence-electron chi connectivity index (χ3n) is 5.91. The van der Waals surface area contributed by atoms with Gasteiger partial charge < -0.3 is 15.0 Å². The van der Waals surface area contributed by atoms with Crippen LogP contribution in [0.25, 0.3) is 10.8 Å². The van der Waals surface area contributed by atoms with Crippen molar-refractivity contribution in [2.45, 2.75) is 18.7 Å². The molecule has 0 aliphatic carbocycles. The summed E-state index contributed by atoms with van der Waals surface area (Å²) in [5.41, 5.74) is 1.69. The molecular weight excluding hydrogens is 438 g/mol. The fraction of sp³-hybridized carbons (Fsp3) is 0.320. The van der Waals surface area contributed by atoms with Crippen molar-refractivity contribution < 1.29 is 17.9 Å². The number of nitrogens with zero attached hydrogens (tertiary/aromatic N) is 2. The lowest BCUT2D eigenvalue weighted by molar-refractivity contribution is 0.102. The Morgan fingerprint density at radius 1 is 0.970 bits per heavy atom. The van der Waals surface area contributed by atoms with E-state index < -0.39 is 10.0 Å². The highest BCUT2D eigenvalue weighted by Crippen LogP contribution is 2.28. The summed E-state index contributed by atoms with van der Waals surface area (Å²) in [6.07, 6.45) is 0. The van der Waals surface area contributed by atoms with Crippen LogP contribution in [0.4, 0.5) is 11.4 Å². The number of morpholine rings is 1. The molecule has 3 aromatic carbocycles. The Morgan fingerprint density at radius 2 is 1.67 bits per heavy atom. The third kappa shape index (κ3) is 4.88. The van der Waals surface area contributed by atoms with Crippen molar-refractivity contribution in [2.75, 3.05) is 49.6 Å². The van der Waals surface area contributed by atoms with E-state index in [2.05, 4.69) is 10.2 Å². The van der Waals surface area contributed by atoms with Crippen LogP contribution in [-0.4, -0.2) is 58.0 Å². The van der Waals surface area contributed by atoms with Gasteiger partial charge >= 0.3 is 0 Å². The fourth-order valence-electron chi connectivity index (χ4n) is 4.12. The van der Waals surface area contributed by atoms with Gasteiger partial charge in [0.2, 0.25) is 10.0 Å². The smallest absolute Gasteiger partial charge is 0.257 e. The van der Waals surface area contributed by atoms with Gasteiger partial charge in [0.15, 0.2) is 0 Å². The van der Waals surface area contributed by atoms with Crippen LogP contribution in [0, 0.1) is 0 Å². The van der Waals surface area contributed by atoms with Gasteiger partial charge in [-0.15, -0.1) is 0 Å². The summed E-state index contributed by atoms with van der Waals surface area (Å²) in [6, 6.07) is 18.5. The van der Waals surface area contributed by atoms with Crippen LogP contribution >= 0.6 is 0 Å². The van der Waals surface area contributed by atoms with Crippen LogP contribution in [-0.2, 0) is 14.8 Å². The Balaban J connectivity index is 1.72. The molecule has 0 atom stereocenters. The molecule has 1 aliphatic heterocycles. The van der Waals surface area contributed by atoms with Gasteiger partial charge in [-0.1, -0.05) is 44.2 Å². The van der Waals surface area contributed by atoms with Crippen molar-refractivity contribution in [3.8, 4) is 0 Å². The summed E-state index contributed by atoms with van der Waals surface area (Å²) >= 11 is 0. The highest BCUT2D eigenvalue weighted by atomic mass is 32.2. The maximum absolute atomic E-state index is 13.4. The number of amides is 1. The van der Waals surface area contributed by atoms with Crippen LogP contribution in [0.3, 0.4) is 0 Å². The summed E-state index contributed by atoms with van der Waals surface area (Å²) in [7, 11) is -3.70. The maximum Gasteiger partial charge on any atom is 0.257 e. The summed E-state index contributed by atoms with van der Waals surface area (Å²) in [5, 5.41) is 5.06. The number of rotatable bonds is 7. The number of anilines is 2. The van der Waals surface area contributed by atoms with Crippen molar-refractivity contribution in [2.24, 2.45) is 0 Å². The zero-order valence-corrected chi connectivity index (χ0v) is 19.8. The van der Waals surface area contributed by atoms with E-state index in [1.54, 1.807) is 26.0 Å². The Morgan fingerprint density at radius 3 is 2.36 bits per heavy atom. The number of ether oxygens (including phenoxy) is 1. The summed E-state index contributed by atoms with van der Waals surface area (Å²) in [6.45, 7) is 6.73. The van der Waals surface area contributed by atoms with E-state index in [1.807, 2.05) is 42.5 Å². The number of carbonyl (C=O) groups is 1. The van der Waals surface area contributed by atoms with E-state index in [0.717, 1.165) is 10.8 Å². The van der Waals surface area contributed by atoms with Crippen molar-refractivity contribution in [1.82, 2.24) is 4.31 Å². The molecule has 174 valence electrons. The van der Waals surface area contributed by atoms with Gasteiger partial charge in [0, 0.05) is 37.6 Å². The first-order valence-electron chi connectivity index (χ1n) is 11.2. The molecule has 4 rings (SSSR count). The standard InChI is InChI=1S/C25H29N3O4S/c1-3-28(4-2)33(30,31)22-11-12-24(27-13-15-32-16-14-27)23(18-22)25(29)26-21-10-9-19-7-5-6-8-20(19)17-21/h5-12,17-18H,3-4,13-16H2,1-2H3,(H,26,29). The lowest BCUT2D eigenvalue weighted by atomic mass is 10.1. The average Bonchev–Trinajstić information content (AvgIpc) is 2.84. The highest BCUT2D eigenvalue weighted by molar-refractivity contribution is 7.89. The van der Waals surface area contributed by atoms with Crippen LogP contribution in [0.2, 0.25) is 0 Å². The topological polar surface area (TPSA) is 79.0 Å². The molecule has 1 amide bonds. The predicted molar refractivity (Wildman–Crippen MR) is 131 cm³/mol. The number of carbonyl (C=O) groups excluding carboxylic acids is 1. The molecule has 0 aromatic heterocycles. The third-order valence-corrected chi connectivity index (χ3v) is 7.96. The molecule has 1 saturated heterocycles. The van der Waals surface area contributed by atoms with Gasteiger partial charge in [0.1, 0.15) is 0 Å². The van der Waals surface area contributed by atoms with Gasteiger partial charge in [-0.25, -0.2) is 8.42 Å². The van der Waals surface area contributed by atoms with Gasteiger partial charge in [0.25, 0.3) is 5.91 Å². The molecule has 1 fully saturated rings. The molecular formula is C25H29N3O4S. The summed E-state index contributed by atoms with van der Waals surface area (Å²) < 4.78 is 33.1. The van der Waals surface area contributed by atoms with Gasteiger partial charge in [-0.2, -0.15) is 4.31 Å². The molecule has 1 N–H and O–H groups in total. The predicted octanol–water partition coefficient (Wildman–Crippen LogP) is 3.96. The van der Waals surface area contributed by atoms with Crippen LogP contribution in [0.15, 0.2) is 65.6 Å². The van der Waals surface area contributed by atoms with Crippen LogP contribution in [0.5, 0.6) is 0 Å². The normalized spacial score (nSPS) is 14.6. The lowest BCUT2D eigenvalue weighted by Crippen LogP contribution is -2.37. The van der Waals surface area contributed by atoms with Crippen LogP contribution < -0.4 is 10.2 Å². The average molecular weight is 468 g/mol. The number of fused-ring (bicyclic) bond motifs is 1. The van der Waals surface area contributed by atoms with Gasteiger partial charge in [-0.05, 0) is 41.1 Å². The second-order valence-electron chi connectivity index (χ2n) is 7.88. The number of hydrogen-bond donors (Lipinski definition) is 1. The quantitative estimate of drug-likeness (QED) is 0.569. The molecule has 1 aliphatic rings. The zero-order valence-electron chi connectivity index (χ0n) is 19.0. The molecule has 8 heteroatoms. The largest absolute Gasteiger partial charge is 0.378 e. The molecule has 1 heterocycles. The molecule has 7 nitrogen and oxygen atoms in total. The molecule has 0 radical (unpaired) electrons. The number of nitrogens with one attached hydrogen (secondary N) is 1. The van der Waals surface area contributed by atoms with Crippen LogP contribution in [0.1, 0.15) is 24.2 Å². The first-order chi connectivity index (χ1) is 15.9. The first kappa shape index (κ1) is 23.2. The second kappa shape index (κ2) is 9.91. The number of sulfonamides is 1. The Hall–Kier alpha value is -2.94. The minimum Gasteiger partial charge on any atom is -0.378 e. The SMILES string of the molecule is CCN(CC)S(=O)(=O)c1ccc(N2CCOCC2)c(C(=O)Nc2ccc3ccccc3c2)c1. The Bertz CT molecular complexity index is 1250. The van der Waals surface area contributed by atoms with E-state index in [1.165, 1.54) is 10.4 Å². The molecule has 0 unspecified atom stereocenters. The fourth-order valence-corrected chi connectivity index (χ4v) is 5.60. The molecule has 33 heavy (non-hydrogen) atoms. The number of hydrogen-bond acceptors (Lipinski definition) is 5. The van der Waals surface area contributed by atoms with Crippen molar-refractivity contribution in [1.29, 1.82) is 0 Å². The summed E-state index contributed by atoms with van der Waals surface area (Å²) in [5.74, 6) is -0.344. The van der Waals surface area contributed by atoms with E-state index >= 15 is 0 Å². The minimum absolute atomic E-state index is 0.117. The lowest BCUT2D eigenvalue weighted by Gasteiger charge is -2.30. The Kier molecular flexibility index (Phi) is 6.97. The van der Waals surface area contributed by atoms with E-state index in [9.17, 15) is 13.2 Å². The highest BCUT2D eigenvalue weighted by Gasteiger charge is 2.26. The second-order valence-corrected chi connectivity index (χ2v) is 9.82. The van der Waals surface area contributed by atoms with Gasteiger partial charge in [0.05, 0.1) is 23.7 Å². The van der Waals surface area contributed by atoms with E-state index in [-0.39, 0.29) is 10.8 Å². The van der Waals surface area contributed by atoms with E-state index in [4.69, 9.17) is 4.74 Å². The van der Waals surface area contributed by atoms with Crippen molar-refractivity contribution in [3.63, 3.8) is 0 Å².